The topological polar surface area (TPSA) is 77.5 Å². The van der Waals surface area contributed by atoms with Crippen molar-refractivity contribution in [1.82, 2.24) is 9.55 Å². The average molecular weight is 335 g/mol. The smallest absolute Gasteiger partial charge is 0.261 e. The first-order chi connectivity index (χ1) is 11.1. The van der Waals surface area contributed by atoms with Crippen LogP contribution in [0.4, 0.5) is 0 Å². The van der Waals surface area contributed by atoms with E-state index in [4.69, 9.17) is 20.8 Å². The number of ether oxygens (including phenoxy) is 1. The molecule has 1 aromatic carbocycles. The molecule has 23 heavy (non-hydrogen) atoms. The van der Waals surface area contributed by atoms with Crippen LogP contribution in [0, 0.1) is 0 Å². The molecule has 0 unspecified atom stereocenters. The summed E-state index contributed by atoms with van der Waals surface area (Å²) in [6.45, 7) is 0.442. The molecule has 2 heterocycles. The lowest BCUT2D eigenvalue weighted by atomic mass is 10.2. The number of furan rings is 1. The van der Waals surface area contributed by atoms with Crippen molar-refractivity contribution in [2.45, 2.75) is 19.3 Å². The van der Waals surface area contributed by atoms with Crippen LogP contribution in [0.25, 0.3) is 10.9 Å². The van der Waals surface area contributed by atoms with E-state index < -0.39 is 6.10 Å². The van der Waals surface area contributed by atoms with E-state index in [0.717, 1.165) is 0 Å². The van der Waals surface area contributed by atoms with Gasteiger partial charge in [0.25, 0.3) is 5.56 Å². The highest BCUT2D eigenvalue weighted by molar-refractivity contribution is 6.31. The second-order valence-electron chi connectivity index (χ2n) is 5.11. The third kappa shape index (κ3) is 3.79. The minimum atomic E-state index is -0.832. The van der Waals surface area contributed by atoms with E-state index in [1.54, 1.807) is 36.6 Å². The Morgan fingerprint density at radius 1 is 1.39 bits per heavy atom. The summed E-state index contributed by atoms with van der Waals surface area (Å²) in [6, 6.07) is 8.49. The Bertz CT molecular complexity index is 845. The third-order valence-electron chi connectivity index (χ3n) is 3.33. The summed E-state index contributed by atoms with van der Waals surface area (Å²) in [5.41, 5.74) is 0.321. The van der Waals surface area contributed by atoms with Crippen LogP contribution in [0.2, 0.25) is 5.02 Å². The Morgan fingerprint density at radius 2 is 2.26 bits per heavy atom. The summed E-state index contributed by atoms with van der Waals surface area (Å²) < 4.78 is 11.8. The van der Waals surface area contributed by atoms with E-state index in [2.05, 4.69) is 4.98 Å². The Balaban J connectivity index is 1.66. The molecule has 3 aromatic rings. The first-order valence-corrected chi connectivity index (χ1v) is 7.44. The molecule has 1 atom stereocenters. The molecule has 0 amide bonds. The van der Waals surface area contributed by atoms with Crippen LogP contribution in [0.15, 0.2) is 52.1 Å². The first-order valence-electron chi connectivity index (χ1n) is 7.06. The molecular weight excluding hydrogens is 320 g/mol. The lowest BCUT2D eigenvalue weighted by Gasteiger charge is -2.13. The van der Waals surface area contributed by atoms with Crippen LogP contribution >= 0.6 is 11.6 Å². The van der Waals surface area contributed by atoms with Crippen LogP contribution < -0.4 is 5.56 Å². The van der Waals surface area contributed by atoms with Crippen molar-refractivity contribution in [2.24, 2.45) is 0 Å². The summed E-state index contributed by atoms with van der Waals surface area (Å²) in [5, 5.41) is 10.9. The van der Waals surface area contributed by atoms with Crippen LogP contribution in [0.5, 0.6) is 0 Å². The molecule has 3 rings (SSSR count). The van der Waals surface area contributed by atoms with Crippen molar-refractivity contribution in [2.75, 3.05) is 6.61 Å². The fourth-order valence-corrected chi connectivity index (χ4v) is 2.40. The Kier molecular flexibility index (Phi) is 4.76. The number of aliphatic hydroxyl groups excluding tert-OH is 1. The average Bonchev–Trinajstić information content (AvgIpc) is 3.04. The standard InChI is InChI=1S/C16H15ClN2O4/c17-11-3-4-15-14(6-11)16(21)19(10-18-15)7-12(20)8-22-9-13-2-1-5-23-13/h1-6,10,12,20H,7-9H2/t12-/m0/s1. The van der Waals surface area contributed by atoms with E-state index in [1.165, 1.54) is 10.9 Å². The maximum absolute atomic E-state index is 12.4. The van der Waals surface area contributed by atoms with Crippen molar-refractivity contribution < 1.29 is 14.3 Å². The summed E-state index contributed by atoms with van der Waals surface area (Å²) in [4.78, 5) is 16.6. The van der Waals surface area contributed by atoms with Gasteiger partial charge >= 0.3 is 0 Å². The van der Waals surface area contributed by atoms with Gasteiger partial charge in [-0.1, -0.05) is 11.6 Å². The monoisotopic (exact) mass is 334 g/mol. The molecule has 0 aliphatic rings. The second-order valence-corrected chi connectivity index (χ2v) is 5.55. The lowest BCUT2D eigenvalue weighted by Crippen LogP contribution is -2.29. The third-order valence-corrected chi connectivity index (χ3v) is 3.56. The molecule has 0 radical (unpaired) electrons. The van der Waals surface area contributed by atoms with Crippen molar-refractivity contribution in [1.29, 1.82) is 0 Å². The fraction of sp³-hybridized carbons (Fsp3) is 0.250. The van der Waals surface area contributed by atoms with Crippen LogP contribution in [0.1, 0.15) is 5.76 Å². The number of benzene rings is 1. The highest BCUT2D eigenvalue weighted by Gasteiger charge is 2.10. The number of nitrogens with zero attached hydrogens (tertiary/aromatic N) is 2. The summed E-state index contributed by atoms with van der Waals surface area (Å²) in [5.74, 6) is 0.677. The van der Waals surface area contributed by atoms with E-state index >= 15 is 0 Å². The Hall–Kier alpha value is -2.15. The summed E-state index contributed by atoms with van der Waals surface area (Å²) in [6.07, 6.45) is 2.13. The van der Waals surface area contributed by atoms with Crippen molar-refractivity contribution in [3.8, 4) is 0 Å². The van der Waals surface area contributed by atoms with Crippen LogP contribution in [0.3, 0.4) is 0 Å². The number of aromatic nitrogens is 2. The predicted octanol–water partition coefficient (Wildman–Crippen LogP) is 2.22. The van der Waals surface area contributed by atoms with E-state index in [1.807, 2.05) is 0 Å². The number of halogens is 1. The normalized spacial score (nSPS) is 12.6. The Labute approximate surface area is 136 Å². The van der Waals surface area contributed by atoms with Gasteiger partial charge in [-0.2, -0.15) is 0 Å². The zero-order valence-electron chi connectivity index (χ0n) is 12.2. The van der Waals surface area contributed by atoms with Gasteiger partial charge in [0.05, 0.1) is 42.7 Å². The molecule has 120 valence electrons. The molecule has 0 bridgehead atoms. The van der Waals surface area contributed by atoms with Crippen molar-refractivity contribution in [3.05, 3.63) is 64.1 Å². The quantitative estimate of drug-likeness (QED) is 0.748. The molecule has 0 saturated heterocycles. The van der Waals surface area contributed by atoms with Gasteiger partial charge in [-0.05, 0) is 30.3 Å². The molecule has 2 aromatic heterocycles. The molecule has 0 spiro atoms. The maximum atomic E-state index is 12.4. The zero-order chi connectivity index (χ0) is 16.2. The number of hydrogen-bond acceptors (Lipinski definition) is 5. The highest BCUT2D eigenvalue weighted by Crippen LogP contribution is 2.14. The predicted molar refractivity (Wildman–Crippen MR) is 85.4 cm³/mol. The van der Waals surface area contributed by atoms with Gasteiger partial charge in [0.2, 0.25) is 0 Å². The van der Waals surface area contributed by atoms with Gasteiger partial charge in [-0.15, -0.1) is 0 Å². The SMILES string of the molecule is O=c1c2cc(Cl)ccc2ncn1C[C@H](O)COCc1ccco1. The van der Waals surface area contributed by atoms with Gasteiger partial charge in [0.15, 0.2) is 0 Å². The van der Waals surface area contributed by atoms with Crippen molar-refractivity contribution >= 4 is 22.5 Å². The van der Waals surface area contributed by atoms with Gasteiger partial charge in [0, 0.05) is 5.02 Å². The molecule has 0 aliphatic carbocycles. The molecule has 0 aliphatic heterocycles. The molecular formula is C16H15ClN2O4. The Morgan fingerprint density at radius 3 is 3.04 bits per heavy atom. The zero-order valence-corrected chi connectivity index (χ0v) is 12.9. The summed E-state index contributed by atoms with van der Waals surface area (Å²) in [7, 11) is 0. The minimum Gasteiger partial charge on any atom is -0.467 e. The second kappa shape index (κ2) is 6.95. The lowest BCUT2D eigenvalue weighted by molar-refractivity contribution is 0.0142. The van der Waals surface area contributed by atoms with Crippen LogP contribution in [-0.2, 0) is 17.9 Å². The number of hydrogen-bond donors (Lipinski definition) is 1. The molecule has 0 saturated carbocycles. The fourth-order valence-electron chi connectivity index (χ4n) is 2.23. The van der Waals surface area contributed by atoms with Gasteiger partial charge < -0.3 is 14.3 Å². The highest BCUT2D eigenvalue weighted by atomic mass is 35.5. The van der Waals surface area contributed by atoms with Crippen LogP contribution in [-0.4, -0.2) is 27.4 Å². The van der Waals surface area contributed by atoms with Gasteiger partial charge in [0.1, 0.15) is 12.4 Å². The number of rotatable bonds is 6. The largest absolute Gasteiger partial charge is 0.467 e. The van der Waals surface area contributed by atoms with E-state index in [9.17, 15) is 9.90 Å². The molecule has 6 nitrogen and oxygen atoms in total. The van der Waals surface area contributed by atoms with E-state index in [0.29, 0.717) is 21.7 Å². The van der Waals surface area contributed by atoms with Gasteiger partial charge in [-0.3, -0.25) is 9.36 Å². The minimum absolute atomic E-state index is 0.0841. The summed E-state index contributed by atoms with van der Waals surface area (Å²) >= 11 is 5.91. The number of fused-ring (bicyclic) bond motifs is 1. The first kappa shape index (κ1) is 15.7. The van der Waals surface area contributed by atoms with Crippen molar-refractivity contribution in [3.63, 3.8) is 0 Å². The number of aliphatic hydroxyl groups is 1. The molecule has 1 N–H and O–H groups in total. The van der Waals surface area contributed by atoms with Gasteiger partial charge in [-0.25, -0.2) is 4.98 Å². The molecule has 7 heteroatoms. The molecule has 0 fully saturated rings. The van der Waals surface area contributed by atoms with E-state index in [-0.39, 0.29) is 25.3 Å². The maximum Gasteiger partial charge on any atom is 0.261 e.